The van der Waals surface area contributed by atoms with E-state index in [0.717, 1.165) is 47.2 Å². The number of rotatable bonds is 14. The highest BCUT2D eigenvalue weighted by Crippen LogP contribution is 2.27. The predicted molar refractivity (Wildman–Crippen MR) is 142 cm³/mol. The van der Waals surface area contributed by atoms with Crippen molar-refractivity contribution in [3.05, 3.63) is 53.2 Å². The number of hydrogen-bond acceptors (Lipinski definition) is 6. The van der Waals surface area contributed by atoms with E-state index in [1.165, 1.54) is 13.2 Å². The van der Waals surface area contributed by atoms with Crippen LogP contribution in [0.4, 0.5) is 0 Å². The number of aromatic nitrogens is 3. The number of ketones is 1. The molecule has 0 spiro atoms. The lowest BCUT2D eigenvalue weighted by Gasteiger charge is -2.17. The van der Waals surface area contributed by atoms with Crippen LogP contribution >= 0.6 is 0 Å². The second kappa shape index (κ2) is 13.4. The summed E-state index contributed by atoms with van der Waals surface area (Å²) in [5, 5.41) is 4.09. The number of nitrogens with one attached hydrogen (secondary N) is 3. The van der Waals surface area contributed by atoms with Crippen molar-refractivity contribution >= 4 is 34.6 Å². The molecule has 198 valence electrons. The minimum Gasteiger partial charge on any atom is -0.497 e. The first kappa shape index (κ1) is 27.7. The van der Waals surface area contributed by atoms with Gasteiger partial charge in [-0.1, -0.05) is 19.8 Å². The number of imidazole rings is 1. The molecule has 3 N–H and O–H groups in total. The number of aryl methyl sites for hydroxylation is 1. The fourth-order valence-electron chi connectivity index (χ4n) is 4.26. The van der Waals surface area contributed by atoms with Crippen LogP contribution in [0.3, 0.4) is 0 Å². The fraction of sp³-hybridized carbons (Fsp3) is 0.429. The molecule has 9 heteroatoms. The smallest absolute Gasteiger partial charge is 0.330 e. The molecule has 0 saturated carbocycles. The van der Waals surface area contributed by atoms with Gasteiger partial charge in [0.25, 0.3) is 0 Å². The zero-order valence-electron chi connectivity index (χ0n) is 22.0. The van der Waals surface area contributed by atoms with Gasteiger partial charge in [0.15, 0.2) is 0 Å². The summed E-state index contributed by atoms with van der Waals surface area (Å²) in [7, 11) is 2.93. The average molecular weight is 509 g/mol. The topological polar surface area (TPSA) is 126 Å². The van der Waals surface area contributed by atoms with Gasteiger partial charge in [0, 0.05) is 35.5 Å². The number of ether oxygens (including phenoxy) is 2. The number of benzene rings is 1. The Morgan fingerprint density at radius 1 is 1.14 bits per heavy atom. The van der Waals surface area contributed by atoms with Crippen molar-refractivity contribution in [3.63, 3.8) is 0 Å². The van der Waals surface area contributed by atoms with E-state index in [0.29, 0.717) is 30.8 Å². The average Bonchev–Trinajstić information content (AvgIpc) is 3.50. The van der Waals surface area contributed by atoms with Crippen LogP contribution in [0.15, 0.2) is 30.5 Å². The summed E-state index contributed by atoms with van der Waals surface area (Å²) in [6.07, 6.45) is 9.07. The quantitative estimate of drug-likeness (QED) is 0.164. The van der Waals surface area contributed by atoms with Crippen molar-refractivity contribution < 1.29 is 23.9 Å². The first-order valence-electron chi connectivity index (χ1n) is 12.6. The second-order valence-electron chi connectivity index (χ2n) is 9.01. The summed E-state index contributed by atoms with van der Waals surface area (Å²) in [5.41, 5.74) is 3.44. The Labute approximate surface area is 217 Å². The molecule has 1 amide bonds. The Morgan fingerprint density at radius 3 is 2.68 bits per heavy atom. The predicted octanol–water partition coefficient (Wildman–Crippen LogP) is 4.72. The van der Waals surface area contributed by atoms with Crippen molar-refractivity contribution in [2.75, 3.05) is 14.2 Å². The highest BCUT2D eigenvalue weighted by molar-refractivity contribution is 5.91. The van der Waals surface area contributed by atoms with E-state index in [-0.39, 0.29) is 24.2 Å². The Hall–Kier alpha value is -3.88. The lowest BCUT2D eigenvalue weighted by Crippen LogP contribution is -2.30. The maximum Gasteiger partial charge on any atom is 0.330 e. The van der Waals surface area contributed by atoms with Crippen LogP contribution in [0.1, 0.15) is 74.3 Å². The molecule has 0 aliphatic rings. The molecule has 1 aromatic carbocycles. The molecular weight excluding hydrogens is 472 g/mol. The van der Waals surface area contributed by atoms with Gasteiger partial charge in [-0.05, 0) is 49.6 Å². The molecule has 37 heavy (non-hydrogen) atoms. The van der Waals surface area contributed by atoms with E-state index in [1.54, 1.807) is 19.4 Å². The van der Waals surface area contributed by atoms with Crippen LogP contribution in [0.25, 0.3) is 17.0 Å². The van der Waals surface area contributed by atoms with Gasteiger partial charge in [0.05, 0.1) is 38.6 Å². The first-order chi connectivity index (χ1) is 17.8. The Balaban J connectivity index is 1.73. The first-order valence-corrected chi connectivity index (χ1v) is 12.6. The second-order valence-corrected chi connectivity index (χ2v) is 9.01. The Bertz CT molecular complexity index is 1260. The fourth-order valence-corrected chi connectivity index (χ4v) is 4.26. The molecule has 1 unspecified atom stereocenters. The number of nitrogens with zero attached hydrogens (tertiary/aromatic N) is 1. The van der Waals surface area contributed by atoms with E-state index in [9.17, 15) is 14.4 Å². The normalized spacial score (nSPS) is 12.1. The van der Waals surface area contributed by atoms with Crippen LogP contribution in [0.5, 0.6) is 5.75 Å². The van der Waals surface area contributed by atoms with E-state index >= 15 is 0 Å². The maximum absolute atomic E-state index is 13.2. The Kier molecular flexibility index (Phi) is 10.1. The van der Waals surface area contributed by atoms with Crippen molar-refractivity contribution in [1.29, 1.82) is 0 Å². The lowest BCUT2D eigenvalue weighted by molar-refractivity contribution is -0.134. The number of Topliss-reactive ketones (excluding diaryl/α,β-unsaturated/α-hetero) is 1. The number of methoxy groups -OCH3 is 2. The number of hydrogen-bond donors (Lipinski definition) is 3. The van der Waals surface area contributed by atoms with Gasteiger partial charge in [0.2, 0.25) is 5.91 Å². The standard InChI is InChI=1S/C28H36N4O5/c1-5-20(33)9-7-6-8-10-25(28-29-17-19(31-28)11-14-27(35)37-4)32-26(34)16-22-18(2)30-24-13-12-21(36-3)15-23(22)24/h11-15,17,25,30H,5-10,16H2,1-4H3,(H,29,31)(H,32,34)/b14-11+. The zero-order chi connectivity index (χ0) is 26.8. The monoisotopic (exact) mass is 508 g/mol. The zero-order valence-corrected chi connectivity index (χ0v) is 22.0. The summed E-state index contributed by atoms with van der Waals surface area (Å²) in [6, 6.07) is 5.42. The molecule has 3 aromatic rings. The van der Waals surface area contributed by atoms with E-state index in [2.05, 4.69) is 25.0 Å². The molecule has 3 rings (SSSR count). The highest BCUT2D eigenvalue weighted by atomic mass is 16.5. The molecule has 0 bridgehead atoms. The third kappa shape index (κ3) is 7.80. The number of esters is 1. The van der Waals surface area contributed by atoms with Crippen LogP contribution in [0.2, 0.25) is 0 Å². The number of carbonyl (C=O) groups excluding carboxylic acids is 3. The number of unbranched alkanes of at least 4 members (excludes halogenated alkanes) is 2. The number of aromatic amines is 2. The van der Waals surface area contributed by atoms with Gasteiger partial charge in [-0.15, -0.1) is 0 Å². The van der Waals surface area contributed by atoms with Gasteiger partial charge in [-0.3, -0.25) is 9.59 Å². The molecule has 0 saturated heterocycles. The minimum atomic E-state index is -0.464. The molecule has 2 aromatic heterocycles. The molecule has 2 heterocycles. The summed E-state index contributed by atoms with van der Waals surface area (Å²) in [5.74, 6) is 1.02. The highest BCUT2D eigenvalue weighted by Gasteiger charge is 2.20. The summed E-state index contributed by atoms with van der Waals surface area (Å²) >= 11 is 0. The van der Waals surface area contributed by atoms with Gasteiger partial charge in [0.1, 0.15) is 17.4 Å². The van der Waals surface area contributed by atoms with Crippen LogP contribution in [0, 0.1) is 6.92 Å². The van der Waals surface area contributed by atoms with E-state index in [1.807, 2.05) is 32.0 Å². The van der Waals surface area contributed by atoms with Crippen LogP contribution < -0.4 is 10.1 Å². The molecular formula is C28H36N4O5. The molecule has 0 aliphatic heterocycles. The SMILES string of the molecule is CCC(=O)CCCCCC(NC(=O)Cc1c(C)[nH]c2ccc(OC)cc12)c1ncc(/C=C/C(=O)OC)[nH]1. The Morgan fingerprint density at radius 2 is 1.95 bits per heavy atom. The van der Waals surface area contributed by atoms with Gasteiger partial charge in [-0.2, -0.15) is 0 Å². The van der Waals surface area contributed by atoms with Crippen molar-refractivity contribution in [2.45, 2.75) is 64.8 Å². The summed E-state index contributed by atoms with van der Waals surface area (Å²) < 4.78 is 9.99. The third-order valence-corrected chi connectivity index (χ3v) is 6.39. The third-order valence-electron chi connectivity index (χ3n) is 6.39. The minimum absolute atomic E-state index is 0.124. The molecule has 0 aliphatic carbocycles. The number of amides is 1. The molecule has 0 fully saturated rings. The van der Waals surface area contributed by atoms with Gasteiger partial charge in [-0.25, -0.2) is 9.78 Å². The largest absolute Gasteiger partial charge is 0.497 e. The lowest BCUT2D eigenvalue weighted by atomic mass is 10.0. The number of carbonyl (C=O) groups is 3. The maximum atomic E-state index is 13.2. The number of H-pyrrole nitrogens is 2. The van der Waals surface area contributed by atoms with E-state index < -0.39 is 5.97 Å². The van der Waals surface area contributed by atoms with Gasteiger partial charge >= 0.3 is 5.97 Å². The van der Waals surface area contributed by atoms with Gasteiger partial charge < -0.3 is 24.8 Å². The molecule has 0 radical (unpaired) electrons. The molecule has 9 nitrogen and oxygen atoms in total. The van der Waals surface area contributed by atoms with Crippen molar-refractivity contribution in [1.82, 2.24) is 20.3 Å². The van der Waals surface area contributed by atoms with Crippen LogP contribution in [-0.2, 0) is 25.5 Å². The van der Waals surface area contributed by atoms with E-state index in [4.69, 9.17) is 4.74 Å². The summed E-state index contributed by atoms with van der Waals surface area (Å²) in [4.78, 5) is 47.2. The summed E-state index contributed by atoms with van der Waals surface area (Å²) in [6.45, 7) is 3.83. The van der Waals surface area contributed by atoms with Crippen LogP contribution in [-0.4, -0.2) is 46.8 Å². The number of fused-ring (bicyclic) bond motifs is 1. The van der Waals surface area contributed by atoms with Crippen molar-refractivity contribution in [3.8, 4) is 5.75 Å². The molecule has 1 atom stereocenters. The van der Waals surface area contributed by atoms with Crippen molar-refractivity contribution in [2.24, 2.45) is 0 Å².